The molecule has 0 aliphatic heterocycles. The van der Waals surface area contributed by atoms with Crippen LogP contribution in [0.1, 0.15) is 33.4 Å². The van der Waals surface area contributed by atoms with Crippen LogP contribution in [-0.4, -0.2) is 22.9 Å². The zero-order chi connectivity index (χ0) is 23.6. The van der Waals surface area contributed by atoms with Crippen LogP contribution in [0.5, 0.6) is 0 Å². The molecule has 4 radical (unpaired) electrons. The van der Waals surface area contributed by atoms with E-state index in [1.165, 1.54) is 12.1 Å². The molecule has 0 spiro atoms. The number of halogens is 5. The summed E-state index contributed by atoms with van der Waals surface area (Å²) in [6.07, 6.45) is 3.12. The van der Waals surface area contributed by atoms with Crippen LogP contribution >= 0.6 is 69.7 Å². The molecule has 2 heterocycles. The SMILES string of the molecule is C.C.C.Cc1coc2c(F)ccc(Br)c12.Fc1ccc(Br)c2c(CBr)coc12.O=BP.[B].[B]=NS. The average Bonchev–Trinajstić information content (AvgIpc) is 3.35. The Bertz CT molecular complexity index is 1180. The van der Waals surface area contributed by atoms with Crippen molar-refractivity contribution in [3.63, 3.8) is 0 Å². The molecule has 0 amide bonds. The van der Waals surface area contributed by atoms with Crippen molar-refractivity contribution < 1.29 is 22.3 Å². The van der Waals surface area contributed by atoms with Crippen LogP contribution in [0, 0.1) is 18.6 Å². The fourth-order valence-electron chi connectivity index (χ4n) is 2.46. The van der Waals surface area contributed by atoms with Crippen molar-refractivity contribution in [3.05, 3.63) is 68.5 Å². The van der Waals surface area contributed by atoms with E-state index in [2.05, 4.69) is 72.5 Å². The molecule has 0 N–H and O–H groups in total. The van der Waals surface area contributed by atoms with Gasteiger partial charge in [0.05, 0.1) is 12.5 Å². The fraction of sp³-hybridized carbons (Fsp3) is 0.238. The van der Waals surface area contributed by atoms with Crippen LogP contribution in [0.3, 0.4) is 0 Å². The van der Waals surface area contributed by atoms with Crippen LogP contribution in [-0.2, 0) is 10.0 Å². The normalized spacial score (nSPS) is 8.43. The number of furan rings is 2. The van der Waals surface area contributed by atoms with Crippen molar-refractivity contribution in [1.29, 1.82) is 0 Å². The topological polar surface area (TPSA) is 55.7 Å². The van der Waals surface area contributed by atoms with Crippen molar-refractivity contribution >= 4 is 115 Å². The van der Waals surface area contributed by atoms with Gasteiger partial charge in [0.2, 0.25) is 0 Å². The molecule has 0 fully saturated rings. The summed E-state index contributed by atoms with van der Waals surface area (Å²) in [6.45, 7) is 2.55. The van der Waals surface area contributed by atoms with Gasteiger partial charge in [0, 0.05) is 39.0 Å². The van der Waals surface area contributed by atoms with Gasteiger partial charge in [0.25, 0.3) is 0 Å². The molecular formula is C21H26B3Br3F2NO3PS. The van der Waals surface area contributed by atoms with Crippen molar-refractivity contribution in [3.8, 4) is 0 Å². The van der Waals surface area contributed by atoms with Gasteiger partial charge in [-0.05, 0) is 36.8 Å². The third-order valence-electron chi connectivity index (χ3n) is 3.65. The Morgan fingerprint density at radius 3 is 1.77 bits per heavy atom. The van der Waals surface area contributed by atoms with E-state index in [1.807, 2.05) is 16.0 Å². The molecule has 2 aromatic heterocycles. The molecular weight excluding hydrogens is 687 g/mol. The summed E-state index contributed by atoms with van der Waals surface area (Å²) in [5.74, 6) is -0.647. The van der Waals surface area contributed by atoms with Gasteiger partial charge in [-0.3, -0.25) is 0 Å². The molecule has 0 aliphatic rings. The van der Waals surface area contributed by atoms with Crippen LogP contribution in [0.25, 0.3) is 21.9 Å². The molecule has 14 heteroatoms. The van der Waals surface area contributed by atoms with E-state index in [1.54, 1.807) is 24.7 Å². The predicted molar refractivity (Wildman–Crippen MR) is 164 cm³/mol. The summed E-state index contributed by atoms with van der Waals surface area (Å²) in [7, 11) is 6.23. The third-order valence-corrected chi connectivity index (χ3v) is 5.58. The molecule has 0 saturated carbocycles. The minimum atomic E-state index is -0.328. The van der Waals surface area contributed by atoms with E-state index in [0.29, 0.717) is 23.4 Å². The quantitative estimate of drug-likeness (QED) is 0.0926. The number of benzene rings is 2. The van der Waals surface area contributed by atoms with Crippen LogP contribution in [0.4, 0.5) is 8.78 Å². The summed E-state index contributed by atoms with van der Waals surface area (Å²) in [5.41, 5.74) is 2.52. The maximum atomic E-state index is 13.2. The van der Waals surface area contributed by atoms with E-state index in [0.717, 1.165) is 30.8 Å². The molecule has 0 bridgehead atoms. The van der Waals surface area contributed by atoms with Gasteiger partial charge in [0.1, 0.15) is 0 Å². The predicted octanol–water partition coefficient (Wildman–Crippen LogP) is 9.41. The number of alkyl halides is 1. The summed E-state index contributed by atoms with van der Waals surface area (Å²) in [6, 6.07) is 6.13. The number of nitrogens with zero attached hydrogens (tertiary/aromatic N) is 1. The summed E-state index contributed by atoms with van der Waals surface area (Å²) in [5, 5.41) is 2.27. The first-order valence-electron chi connectivity index (χ1n) is 8.18. The standard InChI is InChI=1S/C9H5Br2FO.C9H6BrFO.3CH4.BHNS.BH2OP.B/c10-3-5-4-13-9-7(12)2-1-6(11)8(5)9;1-5-4-12-9-7(11)3-2-6(10)8(5)9;;;;1-2-3;2-1-3;/h1-2,4H,3H2;2-4H,1H3;3*1H4;3H;3H2;. The second-order valence-corrected chi connectivity index (χ2v) is 8.30. The fourth-order valence-corrected chi connectivity index (χ4v) is 4.06. The molecule has 4 nitrogen and oxygen atoms in total. The maximum absolute atomic E-state index is 13.2. The van der Waals surface area contributed by atoms with E-state index < -0.39 is 0 Å². The Hall–Kier alpha value is -0.605. The van der Waals surface area contributed by atoms with Crippen molar-refractivity contribution in [2.24, 2.45) is 4.30 Å². The van der Waals surface area contributed by atoms with E-state index in [4.69, 9.17) is 13.5 Å². The number of hydrogen-bond donors (Lipinski definition) is 1. The third kappa shape index (κ3) is 11.5. The molecule has 0 aliphatic carbocycles. The van der Waals surface area contributed by atoms with E-state index >= 15 is 0 Å². The minimum absolute atomic E-state index is 0. The van der Waals surface area contributed by atoms with Crippen molar-refractivity contribution in [2.75, 3.05) is 0 Å². The number of thiol groups is 1. The molecule has 2 aromatic carbocycles. The Labute approximate surface area is 242 Å². The zero-order valence-corrected chi connectivity index (χ0v) is 23.3. The first-order valence-corrected chi connectivity index (χ1v) is 12.0. The molecule has 4 aromatic rings. The molecule has 1 unspecified atom stereocenters. The summed E-state index contributed by atoms with van der Waals surface area (Å²) < 4.78 is 49.6. The van der Waals surface area contributed by atoms with Crippen molar-refractivity contribution in [2.45, 2.75) is 34.5 Å². The number of aryl methyl sites for hydroxylation is 1. The number of fused-ring (bicyclic) bond motifs is 2. The van der Waals surface area contributed by atoms with Gasteiger partial charge in [-0.15, -0.1) is 0 Å². The second-order valence-electron chi connectivity index (χ2n) is 5.53. The first-order chi connectivity index (χ1) is 14.8. The second kappa shape index (κ2) is 21.5. The molecule has 0 saturated heterocycles. The van der Waals surface area contributed by atoms with Gasteiger partial charge in [-0.25, -0.2) is 8.78 Å². The Morgan fingerprint density at radius 1 is 1.00 bits per heavy atom. The Morgan fingerprint density at radius 2 is 1.37 bits per heavy atom. The van der Waals surface area contributed by atoms with Gasteiger partial charge < -0.3 is 8.83 Å². The molecule has 188 valence electrons. The first kappa shape index (κ1) is 41.5. The number of rotatable bonds is 1. The Balaban J connectivity index is -0.000000206. The van der Waals surface area contributed by atoms with Crippen LogP contribution in [0.15, 0.2) is 58.9 Å². The van der Waals surface area contributed by atoms with Gasteiger partial charge in [-0.1, -0.05) is 70.1 Å². The number of hydrogen-bond acceptors (Lipinski definition) is 5. The van der Waals surface area contributed by atoms with Gasteiger partial charge in [0.15, 0.2) is 22.8 Å². The zero-order valence-electron chi connectivity index (χ0n) is 16.5. The molecule has 1 atom stereocenters. The van der Waals surface area contributed by atoms with Gasteiger partial charge in [-0.2, -0.15) is 0 Å². The van der Waals surface area contributed by atoms with Crippen molar-refractivity contribution in [1.82, 2.24) is 0 Å². The average molecular weight is 714 g/mol. The molecule has 4 rings (SSSR count). The summed E-state index contributed by atoms with van der Waals surface area (Å²) in [4.78, 5) is 0. The summed E-state index contributed by atoms with van der Waals surface area (Å²) >= 11 is 13.2. The van der Waals surface area contributed by atoms with E-state index in [-0.39, 0.29) is 42.3 Å². The van der Waals surface area contributed by atoms with Crippen LogP contribution < -0.4 is 0 Å². The Kier molecular flexibility index (Phi) is 25.5. The van der Waals surface area contributed by atoms with E-state index in [9.17, 15) is 8.78 Å². The molecule has 35 heavy (non-hydrogen) atoms. The monoisotopic (exact) mass is 711 g/mol. The van der Waals surface area contributed by atoms with Crippen LogP contribution in [0.2, 0.25) is 0 Å². The van der Waals surface area contributed by atoms with Gasteiger partial charge >= 0.3 is 45.4 Å².